The van der Waals surface area contributed by atoms with Gasteiger partial charge in [-0.15, -0.1) is 11.8 Å². The standard InChI is InChI=1S/C25H26BrN3O2S/c1-4-5-14-32-25-18(15-27)23(17-10-6-7-11-19(17)26)22(16(2)28-25)24(30)29-20-12-8-9-13-21(20)31-3/h6-13,18,23H,4-5,14H2,1-3H3,(H,29,30). The molecule has 1 aliphatic heterocycles. The topological polar surface area (TPSA) is 74.5 Å². The van der Waals surface area contributed by atoms with Gasteiger partial charge < -0.3 is 10.1 Å². The first-order valence-corrected chi connectivity index (χ1v) is 12.3. The Morgan fingerprint density at radius 2 is 1.97 bits per heavy atom. The fourth-order valence-corrected chi connectivity index (χ4v) is 5.45. The molecule has 3 rings (SSSR count). The van der Waals surface area contributed by atoms with Crippen LogP contribution in [0.15, 0.2) is 69.3 Å². The van der Waals surface area contributed by atoms with E-state index in [0.717, 1.165) is 33.7 Å². The third-order valence-electron chi connectivity index (χ3n) is 5.31. The molecule has 166 valence electrons. The van der Waals surface area contributed by atoms with E-state index in [1.165, 1.54) is 0 Å². The van der Waals surface area contributed by atoms with Crippen LogP contribution in [-0.4, -0.2) is 23.8 Å². The van der Waals surface area contributed by atoms with Crippen molar-refractivity contribution in [3.63, 3.8) is 0 Å². The molecule has 1 amide bonds. The highest BCUT2D eigenvalue weighted by atomic mass is 79.9. The smallest absolute Gasteiger partial charge is 0.254 e. The number of ether oxygens (including phenoxy) is 1. The van der Waals surface area contributed by atoms with Crippen LogP contribution in [0.5, 0.6) is 5.75 Å². The quantitative estimate of drug-likeness (QED) is 0.428. The van der Waals surface area contributed by atoms with E-state index in [2.05, 4.69) is 34.2 Å². The van der Waals surface area contributed by atoms with Crippen molar-refractivity contribution in [3.05, 3.63) is 69.8 Å². The van der Waals surface area contributed by atoms with Crippen molar-refractivity contribution < 1.29 is 9.53 Å². The molecule has 1 aliphatic rings. The maximum atomic E-state index is 13.5. The van der Waals surface area contributed by atoms with Gasteiger partial charge in [-0.3, -0.25) is 4.79 Å². The van der Waals surface area contributed by atoms with Gasteiger partial charge in [0, 0.05) is 21.7 Å². The predicted octanol–water partition coefficient (Wildman–Crippen LogP) is 6.54. The van der Waals surface area contributed by atoms with Gasteiger partial charge in [0.15, 0.2) is 0 Å². The minimum Gasteiger partial charge on any atom is -0.495 e. The molecule has 5 nitrogen and oxygen atoms in total. The number of halogens is 1. The lowest BCUT2D eigenvalue weighted by molar-refractivity contribution is -0.113. The fourth-order valence-electron chi connectivity index (χ4n) is 3.71. The number of hydrogen-bond acceptors (Lipinski definition) is 5. The molecule has 1 heterocycles. The van der Waals surface area contributed by atoms with Crippen molar-refractivity contribution in [1.29, 1.82) is 5.26 Å². The predicted molar refractivity (Wildman–Crippen MR) is 135 cm³/mol. The number of nitriles is 1. The Hall–Kier alpha value is -2.56. The number of rotatable bonds is 7. The normalized spacial score (nSPS) is 18.0. The van der Waals surface area contributed by atoms with Crippen LogP contribution >= 0.6 is 27.7 Å². The molecule has 0 saturated carbocycles. The second kappa shape index (κ2) is 11.3. The van der Waals surface area contributed by atoms with Crippen LogP contribution in [0.25, 0.3) is 0 Å². The number of carbonyl (C=O) groups is 1. The molecule has 0 saturated heterocycles. The molecular formula is C25H26BrN3O2S. The van der Waals surface area contributed by atoms with E-state index in [1.54, 1.807) is 31.0 Å². The van der Waals surface area contributed by atoms with E-state index in [-0.39, 0.29) is 5.91 Å². The van der Waals surface area contributed by atoms with Gasteiger partial charge in [-0.05, 0) is 42.9 Å². The van der Waals surface area contributed by atoms with Crippen LogP contribution in [0.1, 0.15) is 38.2 Å². The van der Waals surface area contributed by atoms with Gasteiger partial charge in [0.1, 0.15) is 11.7 Å². The summed E-state index contributed by atoms with van der Waals surface area (Å²) in [5.41, 5.74) is 2.59. The Morgan fingerprint density at radius 1 is 1.25 bits per heavy atom. The zero-order chi connectivity index (χ0) is 23.1. The maximum absolute atomic E-state index is 13.5. The van der Waals surface area contributed by atoms with Crippen LogP contribution in [0.4, 0.5) is 5.69 Å². The molecular weight excluding hydrogens is 486 g/mol. The number of anilines is 1. The van der Waals surface area contributed by atoms with Gasteiger partial charge in [0.25, 0.3) is 5.91 Å². The van der Waals surface area contributed by atoms with Gasteiger partial charge >= 0.3 is 0 Å². The summed E-state index contributed by atoms with van der Waals surface area (Å²) in [6, 6.07) is 17.5. The number of benzene rings is 2. The number of nitrogens with zero attached hydrogens (tertiary/aromatic N) is 2. The monoisotopic (exact) mass is 511 g/mol. The van der Waals surface area contributed by atoms with Crippen LogP contribution in [0, 0.1) is 17.2 Å². The zero-order valence-corrected chi connectivity index (χ0v) is 20.8. The second-order valence-corrected chi connectivity index (χ2v) is 9.38. The number of carbonyl (C=O) groups excluding carboxylic acids is 1. The van der Waals surface area contributed by atoms with Crippen molar-refractivity contribution >= 4 is 44.3 Å². The van der Waals surface area contributed by atoms with Gasteiger partial charge in [0.05, 0.1) is 23.9 Å². The fraction of sp³-hybridized carbons (Fsp3) is 0.320. The average Bonchev–Trinajstić information content (AvgIpc) is 2.79. The van der Waals surface area contributed by atoms with Crippen LogP contribution in [0.2, 0.25) is 0 Å². The average molecular weight is 512 g/mol. The summed E-state index contributed by atoms with van der Waals surface area (Å²) in [5, 5.41) is 13.9. The first kappa shape index (κ1) is 24.1. The molecule has 7 heteroatoms. The van der Waals surface area contributed by atoms with Gasteiger partial charge in [0.2, 0.25) is 0 Å². The Morgan fingerprint density at radius 3 is 2.66 bits per heavy atom. The molecule has 0 radical (unpaired) electrons. The van der Waals surface area contributed by atoms with Crippen molar-refractivity contribution in [2.75, 3.05) is 18.2 Å². The van der Waals surface area contributed by atoms with E-state index >= 15 is 0 Å². The number of methoxy groups -OCH3 is 1. The molecule has 2 unspecified atom stereocenters. The summed E-state index contributed by atoms with van der Waals surface area (Å²) in [5.74, 6) is 0.203. The zero-order valence-electron chi connectivity index (χ0n) is 18.4. The van der Waals surface area contributed by atoms with Crippen LogP contribution in [-0.2, 0) is 4.79 Å². The number of hydrogen-bond donors (Lipinski definition) is 1. The van der Waals surface area contributed by atoms with Gasteiger partial charge in [-0.1, -0.05) is 59.6 Å². The first-order valence-electron chi connectivity index (χ1n) is 10.5. The molecule has 0 bridgehead atoms. The molecule has 0 spiro atoms. The lowest BCUT2D eigenvalue weighted by atomic mass is 9.78. The number of aliphatic imine (C=N–C) groups is 1. The molecule has 2 aromatic rings. The van der Waals surface area contributed by atoms with E-state index in [9.17, 15) is 10.1 Å². The molecule has 2 aromatic carbocycles. The highest BCUT2D eigenvalue weighted by Crippen LogP contribution is 2.44. The molecule has 32 heavy (non-hydrogen) atoms. The van der Waals surface area contributed by atoms with E-state index in [0.29, 0.717) is 22.7 Å². The molecule has 2 atom stereocenters. The summed E-state index contributed by atoms with van der Waals surface area (Å²) < 4.78 is 6.25. The maximum Gasteiger partial charge on any atom is 0.254 e. The lowest BCUT2D eigenvalue weighted by Crippen LogP contribution is -2.31. The van der Waals surface area contributed by atoms with Gasteiger partial charge in [-0.25, -0.2) is 4.99 Å². The summed E-state index contributed by atoms with van der Waals surface area (Å²) in [6.07, 6.45) is 2.12. The number of para-hydroxylation sites is 2. The summed E-state index contributed by atoms with van der Waals surface area (Å²) in [7, 11) is 1.57. The summed E-state index contributed by atoms with van der Waals surface area (Å²) >= 11 is 5.24. The molecule has 0 fully saturated rings. The highest BCUT2D eigenvalue weighted by Gasteiger charge is 2.39. The number of amides is 1. The van der Waals surface area contributed by atoms with Crippen molar-refractivity contribution in [2.45, 2.75) is 32.6 Å². The minimum absolute atomic E-state index is 0.283. The number of unbranched alkanes of at least 4 members (excludes halogenated alkanes) is 1. The van der Waals surface area contributed by atoms with E-state index in [1.807, 2.05) is 43.3 Å². The SMILES string of the molecule is CCCCSC1=NC(C)=C(C(=O)Nc2ccccc2OC)C(c2ccccc2Br)C1C#N. The largest absolute Gasteiger partial charge is 0.495 e. The molecule has 0 aromatic heterocycles. The second-order valence-electron chi connectivity index (χ2n) is 7.41. The summed E-state index contributed by atoms with van der Waals surface area (Å²) in [4.78, 5) is 18.3. The van der Waals surface area contributed by atoms with Crippen molar-refractivity contribution in [1.82, 2.24) is 0 Å². The number of thioether (sulfide) groups is 1. The third kappa shape index (κ3) is 5.25. The number of allylic oxidation sites excluding steroid dienone is 1. The molecule has 1 N–H and O–H groups in total. The third-order valence-corrected chi connectivity index (χ3v) is 7.16. The van der Waals surface area contributed by atoms with Crippen LogP contribution in [0.3, 0.4) is 0 Å². The van der Waals surface area contributed by atoms with Gasteiger partial charge in [-0.2, -0.15) is 5.26 Å². The Balaban J connectivity index is 2.08. The van der Waals surface area contributed by atoms with Crippen molar-refractivity contribution in [3.8, 4) is 11.8 Å². The lowest BCUT2D eigenvalue weighted by Gasteiger charge is -2.31. The number of nitrogens with one attached hydrogen (secondary N) is 1. The Labute approximate surface area is 202 Å². The minimum atomic E-state index is -0.544. The Kier molecular flexibility index (Phi) is 8.54. The van der Waals surface area contributed by atoms with E-state index < -0.39 is 11.8 Å². The van der Waals surface area contributed by atoms with Crippen molar-refractivity contribution in [2.24, 2.45) is 10.9 Å². The van der Waals surface area contributed by atoms with E-state index in [4.69, 9.17) is 9.73 Å². The highest BCUT2D eigenvalue weighted by molar-refractivity contribution is 9.10. The Bertz CT molecular complexity index is 1090. The first-order chi connectivity index (χ1) is 15.5. The molecule has 0 aliphatic carbocycles. The van der Waals surface area contributed by atoms with Crippen LogP contribution < -0.4 is 10.1 Å². The summed E-state index contributed by atoms with van der Waals surface area (Å²) in [6.45, 7) is 3.98.